The Labute approximate surface area is 192 Å². The first-order valence-electron chi connectivity index (χ1n) is 9.63. The van der Waals surface area contributed by atoms with Crippen LogP contribution in [0.1, 0.15) is 18.4 Å². The van der Waals surface area contributed by atoms with Crippen molar-refractivity contribution in [3.8, 4) is 0 Å². The molecule has 0 atom stereocenters. The molecule has 0 spiro atoms. The molecule has 14 heteroatoms. The van der Waals surface area contributed by atoms with Crippen molar-refractivity contribution in [1.82, 2.24) is 21.0 Å². The summed E-state index contributed by atoms with van der Waals surface area (Å²) in [5.41, 5.74) is 6.02. The maximum Gasteiger partial charge on any atom is 0.432 e. The molecule has 1 aliphatic rings. The summed E-state index contributed by atoms with van der Waals surface area (Å²) in [7, 11) is 1.64. The molecule has 2 heterocycles. The molecule has 0 aliphatic carbocycles. The molecule has 33 heavy (non-hydrogen) atoms. The molecule has 2 aromatic rings. The Morgan fingerprint density at radius 3 is 2.58 bits per heavy atom. The Hall–Kier alpha value is -4.20. The van der Waals surface area contributed by atoms with Gasteiger partial charge >= 0.3 is 11.7 Å². The third-order valence-corrected chi connectivity index (χ3v) is 5.00. The number of rotatable bonds is 6. The van der Waals surface area contributed by atoms with Gasteiger partial charge in [0.05, 0.1) is 12.4 Å². The van der Waals surface area contributed by atoms with Crippen molar-refractivity contribution in [2.45, 2.75) is 19.4 Å². The molecule has 1 aromatic carbocycles. The molecule has 0 unspecified atom stereocenters. The van der Waals surface area contributed by atoms with E-state index in [1.807, 2.05) is 0 Å². The number of benzene rings is 1. The number of nitrogens with zero attached hydrogens (tertiary/aromatic N) is 2. The Morgan fingerprint density at radius 2 is 1.91 bits per heavy atom. The average Bonchev–Trinajstić information content (AvgIpc) is 3.08. The lowest BCUT2D eigenvalue weighted by molar-refractivity contribution is -0.171. The highest BCUT2D eigenvalue weighted by Crippen LogP contribution is 2.26. The Morgan fingerprint density at radius 1 is 1.21 bits per heavy atom. The third kappa shape index (κ3) is 5.74. The van der Waals surface area contributed by atoms with Gasteiger partial charge in [0.25, 0.3) is 11.8 Å². The van der Waals surface area contributed by atoms with Gasteiger partial charge in [0.1, 0.15) is 5.58 Å². The average molecular weight is 475 g/mol. The molecule has 1 aliphatic heterocycles. The van der Waals surface area contributed by atoms with Crippen molar-refractivity contribution in [2.75, 3.05) is 18.6 Å². The molecule has 1 aromatic heterocycles. The fourth-order valence-electron chi connectivity index (χ4n) is 2.97. The number of thiocarbonyl (C=S) groups is 1. The van der Waals surface area contributed by atoms with Gasteiger partial charge in [-0.1, -0.05) is 6.07 Å². The predicted octanol–water partition coefficient (Wildman–Crippen LogP) is -0.166. The van der Waals surface area contributed by atoms with Crippen LogP contribution in [0.2, 0.25) is 0 Å². The van der Waals surface area contributed by atoms with Crippen LogP contribution in [0.3, 0.4) is 0 Å². The van der Waals surface area contributed by atoms with E-state index in [0.29, 0.717) is 27.3 Å². The maximum absolute atomic E-state index is 12.0. The van der Waals surface area contributed by atoms with Gasteiger partial charge in [0, 0.05) is 37.9 Å². The molecule has 0 saturated carbocycles. The standard InChI is InChI=1S/C19H21N7O6S/c1-25(18(33)24-9-23-17(20)21)12-7-16(29)31-13-3-2-10(6-11(12)13)8-22-19(30)32-26-14(27)4-5-15(26)28/h2-3,6-7H,4-5,8-9H2,1H3,(H,22,30)(H,24,33)(H4,20,21,23). The van der Waals surface area contributed by atoms with E-state index in [1.54, 1.807) is 30.1 Å². The van der Waals surface area contributed by atoms with Gasteiger partial charge in [-0.25, -0.2) is 9.59 Å². The fraction of sp³-hybridized carbons (Fsp3) is 0.263. The summed E-state index contributed by atoms with van der Waals surface area (Å²) >= 11 is 5.32. The number of hydroxylamine groups is 2. The van der Waals surface area contributed by atoms with Crippen LogP contribution in [0, 0.1) is 5.41 Å². The van der Waals surface area contributed by atoms with Crippen molar-refractivity contribution in [2.24, 2.45) is 5.73 Å². The van der Waals surface area contributed by atoms with Crippen LogP contribution in [0.15, 0.2) is 33.5 Å². The molecule has 0 radical (unpaired) electrons. The second-order valence-electron chi connectivity index (χ2n) is 6.90. The van der Waals surface area contributed by atoms with Gasteiger partial charge in [-0.3, -0.25) is 15.0 Å². The summed E-state index contributed by atoms with van der Waals surface area (Å²) in [4.78, 5) is 53.4. The van der Waals surface area contributed by atoms with E-state index < -0.39 is 23.5 Å². The summed E-state index contributed by atoms with van der Waals surface area (Å²) in [6, 6.07) is 6.16. The SMILES string of the molecule is CN(C(=S)NCNC(=N)N)c1cc(=O)oc2ccc(CNC(=O)ON3C(=O)CCC3=O)cc12. The zero-order valence-electron chi connectivity index (χ0n) is 17.5. The van der Waals surface area contributed by atoms with Crippen LogP contribution in [0.5, 0.6) is 0 Å². The van der Waals surface area contributed by atoms with Crippen LogP contribution in [-0.4, -0.2) is 47.8 Å². The molecule has 3 amide bonds. The van der Waals surface area contributed by atoms with Gasteiger partial charge in [-0.05, 0) is 29.9 Å². The second-order valence-corrected chi connectivity index (χ2v) is 7.29. The van der Waals surface area contributed by atoms with Gasteiger partial charge in [0.2, 0.25) is 0 Å². The number of carbonyl (C=O) groups excluding carboxylic acids is 3. The summed E-state index contributed by atoms with van der Waals surface area (Å²) in [6.07, 6.45) is -0.960. The quantitative estimate of drug-likeness (QED) is 0.0934. The number of guanidine groups is 1. The second kappa shape index (κ2) is 9.95. The first kappa shape index (κ1) is 23.5. The molecule has 6 N–H and O–H groups in total. The van der Waals surface area contributed by atoms with Crippen molar-refractivity contribution in [3.05, 3.63) is 40.2 Å². The normalized spacial score (nSPS) is 13.1. The summed E-state index contributed by atoms with van der Waals surface area (Å²) in [5, 5.41) is 16.3. The van der Waals surface area contributed by atoms with E-state index in [-0.39, 0.29) is 37.1 Å². The fourth-order valence-corrected chi connectivity index (χ4v) is 3.14. The minimum atomic E-state index is -0.959. The number of anilines is 1. The first-order valence-corrected chi connectivity index (χ1v) is 10.0. The van der Waals surface area contributed by atoms with Crippen LogP contribution in [-0.2, 0) is 21.0 Å². The summed E-state index contributed by atoms with van der Waals surface area (Å²) in [6.45, 7) is 0.121. The number of fused-ring (bicyclic) bond motifs is 1. The first-order chi connectivity index (χ1) is 15.7. The number of hydrogen-bond acceptors (Lipinski definition) is 8. The molecule has 174 valence electrons. The van der Waals surface area contributed by atoms with Gasteiger partial charge < -0.3 is 35.8 Å². The van der Waals surface area contributed by atoms with Crippen LogP contribution < -0.4 is 32.2 Å². The zero-order chi connectivity index (χ0) is 24.1. The molecular weight excluding hydrogens is 454 g/mol. The Balaban J connectivity index is 1.74. The number of hydrogen-bond donors (Lipinski definition) is 5. The minimum absolute atomic E-state index is 0.000179. The predicted molar refractivity (Wildman–Crippen MR) is 121 cm³/mol. The number of nitrogens with one attached hydrogen (secondary N) is 4. The van der Waals surface area contributed by atoms with Crippen molar-refractivity contribution < 1.29 is 23.6 Å². The Bertz CT molecular complexity index is 1180. The highest BCUT2D eigenvalue weighted by atomic mass is 32.1. The number of nitrogens with two attached hydrogens (primary N) is 1. The molecule has 3 rings (SSSR count). The Kier molecular flexibility index (Phi) is 7.07. The van der Waals surface area contributed by atoms with E-state index in [0.717, 1.165) is 0 Å². The zero-order valence-corrected chi connectivity index (χ0v) is 18.3. The number of amides is 3. The topological polar surface area (TPSA) is 183 Å². The lowest BCUT2D eigenvalue weighted by Gasteiger charge is -2.22. The lowest BCUT2D eigenvalue weighted by atomic mass is 10.1. The summed E-state index contributed by atoms with van der Waals surface area (Å²) in [5.74, 6) is -1.38. The van der Waals surface area contributed by atoms with E-state index in [1.165, 1.54) is 6.07 Å². The van der Waals surface area contributed by atoms with E-state index in [2.05, 4.69) is 16.0 Å². The third-order valence-electron chi connectivity index (χ3n) is 4.59. The highest BCUT2D eigenvalue weighted by Gasteiger charge is 2.32. The van der Waals surface area contributed by atoms with Crippen molar-refractivity contribution >= 4 is 57.9 Å². The molecule has 0 bridgehead atoms. The van der Waals surface area contributed by atoms with Crippen LogP contribution in [0.25, 0.3) is 11.0 Å². The smallest absolute Gasteiger partial charge is 0.423 e. The number of imide groups is 1. The van der Waals surface area contributed by atoms with E-state index in [9.17, 15) is 19.2 Å². The lowest BCUT2D eigenvalue weighted by Crippen LogP contribution is -2.45. The monoisotopic (exact) mass is 475 g/mol. The maximum atomic E-state index is 12.0. The highest BCUT2D eigenvalue weighted by molar-refractivity contribution is 7.80. The van der Waals surface area contributed by atoms with Crippen molar-refractivity contribution in [1.29, 1.82) is 5.41 Å². The van der Waals surface area contributed by atoms with E-state index >= 15 is 0 Å². The largest absolute Gasteiger partial charge is 0.432 e. The molecule has 13 nitrogen and oxygen atoms in total. The minimum Gasteiger partial charge on any atom is -0.423 e. The van der Waals surface area contributed by atoms with E-state index in [4.69, 9.17) is 32.6 Å². The van der Waals surface area contributed by atoms with Crippen LogP contribution >= 0.6 is 12.2 Å². The van der Waals surface area contributed by atoms with Gasteiger partial charge in [-0.15, -0.1) is 5.06 Å². The van der Waals surface area contributed by atoms with Crippen LogP contribution in [0.4, 0.5) is 10.5 Å². The molecule has 1 saturated heterocycles. The number of carbonyl (C=O) groups is 3. The van der Waals surface area contributed by atoms with Gasteiger partial charge in [-0.2, -0.15) is 0 Å². The van der Waals surface area contributed by atoms with Gasteiger partial charge in [0.15, 0.2) is 11.1 Å². The van der Waals surface area contributed by atoms with Crippen molar-refractivity contribution in [3.63, 3.8) is 0 Å². The summed E-state index contributed by atoms with van der Waals surface area (Å²) < 4.78 is 5.24. The molecule has 1 fully saturated rings. The molecular formula is C19H21N7O6S.